The van der Waals surface area contributed by atoms with Crippen molar-refractivity contribution in [1.29, 1.82) is 5.26 Å². The van der Waals surface area contributed by atoms with E-state index in [-0.39, 0.29) is 5.91 Å². The summed E-state index contributed by atoms with van der Waals surface area (Å²) in [7, 11) is 0. The van der Waals surface area contributed by atoms with Gasteiger partial charge < -0.3 is 5.32 Å². The van der Waals surface area contributed by atoms with Crippen LogP contribution in [0, 0.1) is 16.7 Å². The number of carbonyl (C=O) groups is 1. The van der Waals surface area contributed by atoms with Gasteiger partial charge in [0.1, 0.15) is 5.41 Å². The Morgan fingerprint density at radius 1 is 1.44 bits per heavy atom. The lowest BCUT2D eigenvalue weighted by Gasteiger charge is -2.09. The van der Waals surface area contributed by atoms with E-state index in [9.17, 15) is 4.79 Å². The van der Waals surface area contributed by atoms with Gasteiger partial charge in [0, 0.05) is 5.02 Å². The molecule has 1 saturated carbocycles. The predicted molar refractivity (Wildman–Crippen MR) is 62.4 cm³/mol. The predicted octanol–water partition coefficient (Wildman–Crippen LogP) is 3.24. The smallest absolute Gasteiger partial charge is 0.244 e. The van der Waals surface area contributed by atoms with Gasteiger partial charge in [-0.05, 0) is 31.0 Å². The average Bonchev–Trinajstić information content (AvgIpc) is 3.03. The molecule has 1 aliphatic rings. The fraction of sp³-hybridized carbons (Fsp3) is 0.273. The molecule has 1 amide bonds. The van der Waals surface area contributed by atoms with E-state index in [1.807, 2.05) is 6.07 Å². The van der Waals surface area contributed by atoms with Gasteiger partial charge >= 0.3 is 0 Å². The number of halogens is 2. The average molecular weight is 255 g/mol. The van der Waals surface area contributed by atoms with Crippen LogP contribution >= 0.6 is 23.2 Å². The van der Waals surface area contributed by atoms with Crippen molar-refractivity contribution < 1.29 is 4.79 Å². The quantitative estimate of drug-likeness (QED) is 0.881. The third kappa shape index (κ3) is 1.99. The summed E-state index contributed by atoms with van der Waals surface area (Å²) in [5.74, 6) is -0.292. The molecular weight excluding hydrogens is 247 g/mol. The molecule has 3 nitrogen and oxygen atoms in total. The molecule has 0 heterocycles. The van der Waals surface area contributed by atoms with Crippen molar-refractivity contribution in [2.45, 2.75) is 12.8 Å². The van der Waals surface area contributed by atoms with Gasteiger partial charge in [0.05, 0.1) is 16.8 Å². The Balaban J connectivity index is 2.16. The Morgan fingerprint density at radius 3 is 2.62 bits per heavy atom. The van der Waals surface area contributed by atoms with Gasteiger partial charge in [-0.3, -0.25) is 4.79 Å². The second-order valence-corrected chi connectivity index (χ2v) is 4.62. The Bertz CT molecular complexity index is 489. The minimum atomic E-state index is -0.844. The minimum absolute atomic E-state index is 0.292. The molecule has 16 heavy (non-hydrogen) atoms. The number of nitriles is 1. The van der Waals surface area contributed by atoms with E-state index in [4.69, 9.17) is 28.5 Å². The molecule has 0 aliphatic heterocycles. The van der Waals surface area contributed by atoms with Gasteiger partial charge in [-0.15, -0.1) is 0 Å². The molecule has 2 rings (SSSR count). The van der Waals surface area contributed by atoms with Crippen molar-refractivity contribution >= 4 is 34.8 Å². The summed E-state index contributed by atoms with van der Waals surface area (Å²) in [6.45, 7) is 0. The van der Waals surface area contributed by atoms with Crippen LogP contribution in [0.2, 0.25) is 10.0 Å². The molecule has 1 N–H and O–H groups in total. The number of rotatable bonds is 2. The summed E-state index contributed by atoms with van der Waals surface area (Å²) in [5.41, 5.74) is -0.360. The lowest BCUT2D eigenvalue weighted by Crippen LogP contribution is -2.22. The molecule has 0 unspecified atom stereocenters. The largest absolute Gasteiger partial charge is 0.323 e. The molecule has 0 bridgehead atoms. The van der Waals surface area contributed by atoms with Crippen LogP contribution in [0.15, 0.2) is 18.2 Å². The lowest BCUT2D eigenvalue weighted by molar-refractivity contribution is -0.119. The third-order valence-corrected chi connectivity index (χ3v) is 3.13. The van der Waals surface area contributed by atoms with Crippen LogP contribution in [0.5, 0.6) is 0 Å². The molecule has 0 saturated heterocycles. The Labute approximate surface area is 103 Å². The van der Waals surface area contributed by atoms with E-state index in [0.29, 0.717) is 28.6 Å². The maximum atomic E-state index is 11.7. The van der Waals surface area contributed by atoms with Crippen molar-refractivity contribution in [1.82, 2.24) is 0 Å². The molecule has 0 aromatic heterocycles. The summed E-state index contributed by atoms with van der Waals surface area (Å²) < 4.78 is 0. The molecule has 1 aromatic rings. The molecule has 1 fully saturated rings. The van der Waals surface area contributed by atoms with Crippen LogP contribution < -0.4 is 5.32 Å². The first-order chi connectivity index (χ1) is 7.57. The monoisotopic (exact) mass is 254 g/mol. The fourth-order valence-corrected chi connectivity index (χ4v) is 1.80. The summed E-state index contributed by atoms with van der Waals surface area (Å²) >= 11 is 11.6. The lowest BCUT2D eigenvalue weighted by atomic mass is 10.1. The minimum Gasteiger partial charge on any atom is -0.323 e. The molecule has 82 valence electrons. The second kappa shape index (κ2) is 3.97. The van der Waals surface area contributed by atoms with Gasteiger partial charge in [0.2, 0.25) is 5.91 Å². The van der Waals surface area contributed by atoms with Crippen LogP contribution in [0.1, 0.15) is 12.8 Å². The normalized spacial score (nSPS) is 16.3. The highest BCUT2D eigenvalue weighted by Gasteiger charge is 2.50. The van der Waals surface area contributed by atoms with Crippen molar-refractivity contribution in [3.05, 3.63) is 28.2 Å². The highest BCUT2D eigenvalue weighted by atomic mass is 35.5. The van der Waals surface area contributed by atoms with Crippen molar-refractivity contribution in [3.8, 4) is 6.07 Å². The molecule has 0 radical (unpaired) electrons. The Morgan fingerprint density at radius 2 is 2.12 bits per heavy atom. The number of anilines is 1. The maximum Gasteiger partial charge on any atom is 0.244 e. The second-order valence-electron chi connectivity index (χ2n) is 3.77. The van der Waals surface area contributed by atoms with E-state index in [1.165, 1.54) is 0 Å². The number of nitrogens with one attached hydrogen (secondary N) is 1. The first-order valence-electron chi connectivity index (χ1n) is 4.75. The van der Waals surface area contributed by atoms with Gasteiger partial charge in [0.25, 0.3) is 0 Å². The van der Waals surface area contributed by atoms with Crippen LogP contribution in [0.25, 0.3) is 0 Å². The number of amides is 1. The highest BCUT2D eigenvalue weighted by Crippen LogP contribution is 2.46. The van der Waals surface area contributed by atoms with Gasteiger partial charge in [-0.25, -0.2) is 0 Å². The maximum absolute atomic E-state index is 11.7. The summed E-state index contributed by atoms with van der Waals surface area (Å²) in [4.78, 5) is 11.7. The first kappa shape index (κ1) is 11.3. The SMILES string of the molecule is N#CC1(C(=O)Nc2ccc(Cl)cc2Cl)CC1. The zero-order valence-electron chi connectivity index (χ0n) is 8.26. The number of benzene rings is 1. The topological polar surface area (TPSA) is 52.9 Å². The van der Waals surface area contributed by atoms with Crippen LogP contribution in [0.4, 0.5) is 5.69 Å². The Kier molecular flexibility index (Phi) is 2.79. The number of hydrogen-bond donors (Lipinski definition) is 1. The van der Waals surface area contributed by atoms with Crippen molar-refractivity contribution in [3.63, 3.8) is 0 Å². The molecule has 0 atom stereocenters. The van der Waals surface area contributed by atoms with E-state index < -0.39 is 5.41 Å². The van der Waals surface area contributed by atoms with Crippen LogP contribution in [-0.2, 0) is 4.79 Å². The van der Waals surface area contributed by atoms with Crippen LogP contribution in [0.3, 0.4) is 0 Å². The van der Waals surface area contributed by atoms with Crippen molar-refractivity contribution in [2.24, 2.45) is 5.41 Å². The first-order valence-corrected chi connectivity index (χ1v) is 5.51. The molecule has 1 aromatic carbocycles. The molecule has 1 aliphatic carbocycles. The Hall–Kier alpha value is -1.24. The molecule has 5 heteroatoms. The summed E-state index contributed by atoms with van der Waals surface area (Å²) in [6, 6.07) is 6.82. The van der Waals surface area contributed by atoms with Crippen molar-refractivity contribution in [2.75, 3.05) is 5.32 Å². The summed E-state index contributed by atoms with van der Waals surface area (Å²) in [6.07, 6.45) is 1.22. The van der Waals surface area contributed by atoms with Crippen LogP contribution in [-0.4, -0.2) is 5.91 Å². The van der Waals surface area contributed by atoms with Gasteiger partial charge in [-0.1, -0.05) is 23.2 Å². The van der Waals surface area contributed by atoms with E-state index in [1.54, 1.807) is 18.2 Å². The number of carbonyl (C=O) groups excluding carboxylic acids is 1. The zero-order chi connectivity index (χ0) is 11.8. The van der Waals surface area contributed by atoms with E-state index >= 15 is 0 Å². The number of hydrogen-bond acceptors (Lipinski definition) is 2. The fourth-order valence-electron chi connectivity index (χ4n) is 1.35. The van der Waals surface area contributed by atoms with E-state index in [2.05, 4.69) is 5.32 Å². The zero-order valence-corrected chi connectivity index (χ0v) is 9.77. The van der Waals surface area contributed by atoms with E-state index in [0.717, 1.165) is 0 Å². The van der Waals surface area contributed by atoms with Gasteiger partial charge in [-0.2, -0.15) is 5.26 Å². The third-order valence-electron chi connectivity index (χ3n) is 2.58. The standard InChI is InChI=1S/C11H8Cl2N2O/c12-7-1-2-9(8(13)5-7)15-10(16)11(6-14)3-4-11/h1-2,5H,3-4H2,(H,15,16). The highest BCUT2D eigenvalue weighted by molar-refractivity contribution is 6.36. The number of nitrogens with zero attached hydrogens (tertiary/aromatic N) is 1. The molecule has 0 spiro atoms. The summed E-state index contributed by atoms with van der Waals surface area (Å²) in [5, 5.41) is 12.4. The molecular formula is C11H8Cl2N2O. The van der Waals surface area contributed by atoms with Gasteiger partial charge in [0.15, 0.2) is 0 Å².